The summed E-state index contributed by atoms with van der Waals surface area (Å²) in [5.74, 6) is -0.431. The average Bonchev–Trinajstić information content (AvgIpc) is 3.03. The first-order valence-corrected chi connectivity index (χ1v) is 10.7. The molecule has 2 atom stereocenters. The molecule has 4 amide bonds. The number of likely N-dealkylation sites (N-methyl/N-ethyl adjacent to an activating group) is 2. The maximum Gasteiger partial charge on any atom is 0.322 e. The lowest BCUT2D eigenvalue weighted by Crippen LogP contribution is -2.49. The molecule has 2 aliphatic heterocycles. The topological polar surface area (TPSA) is 73.0 Å². The van der Waals surface area contributed by atoms with E-state index in [1.807, 2.05) is 20.8 Å². The van der Waals surface area contributed by atoms with Crippen LogP contribution in [0, 0.1) is 0 Å². The van der Waals surface area contributed by atoms with Crippen LogP contribution < -0.4 is 5.32 Å². The van der Waals surface area contributed by atoms with Crippen molar-refractivity contribution in [1.29, 1.82) is 0 Å². The van der Waals surface area contributed by atoms with Gasteiger partial charge in [0.2, 0.25) is 5.91 Å². The first kappa shape index (κ1) is 22.4. The minimum atomic E-state index is -0.706. The minimum absolute atomic E-state index is 0.0104. The van der Waals surface area contributed by atoms with Gasteiger partial charge in [-0.05, 0) is 45.4 Å². The number of rotatable bonds is 5. The molecule has 2 heterocycles. The van der Waals surface area contributed by atoms with Gasteiger partial charge in [-0.1, -0.05) is 29.3 Å². The monoisotopic (exact) mass is 452 g/mol. The van der Waals surface area contributed by atoms with Crippen molar-refractivity contribution in [3.05, 3.63) is 45.1 Å². The Hall–Kier alpha value is -2.25. The zero-order valence-corrected chi connectivity index (χ0v) is 19.2. The normalized spacial score (nSPS) is 19.9. The molecule has 30 heavy (non-hydrogen) atoms. The summed E-state index contributed by atoms with van der Waals surface area (Å²) >= 11 is 12.4. The maximum atomic E-state index is 13.5. The van der Waals surface area contributed by atoms with E-state index in [9.17, 15) is 14.4 Å². The molecular formula is C21H26Cl2N4O3. The molecular weight excluding hydrogens is 427 g/mol. The Morgan fingerprint density at radius 3 is 2.50 bits per heavy atom. The molecule has 0 aromatic heterocycles. The number of halogens is 2. The van der Waals surface area contributed by atoms with Gasteiger partial charge in [0.05, 0.1) is 23.9 Å². The van der Waals surface area contributed by atoms with Crippen molar-refractivity contribution in [2.45, 2.75) is 45.8 Å². The van der Waals surface area contributed by atoms with Crippen molar-refractivity contribution >= 4 is 41.0 Å². The highest BCUT2D eigenvalue weighted by Gasteiger charge is 2.46. The Balaban J connectivity index is 2.01. The summed E-state index contributed by atoms with van der Waals surface area (Å²) in [4.78, 5) is 43.7. The van der Waals surface area contributed by atoms with Gasteiger partial charge in [0.25, 0.3) is 5.91 Å². The number of hydrogen-bond donors (Lipinski definition) is 1. The zero-order valence-electron chi connectivity index (χ0n) is 17.7. The Kier molecular flexibility index (Phi) is 6.34. The van der Waals surface area contributed by atoms with Crippen LogP contribution in [0.15, 0.2) is 29.5 Å². The Morgan fingerprint density at radius 2 is 1.93 bits per heavy atom. The van der Waals surface area contributed by atoms with E-state index in [-0.39, 0.29) is 30.4 Å². The summed E-state index contributed by atoms with van der Waals surface area (Å²) in [5, 5.41) is 3.71. The van der Waals surface area contributed by atoms with Gasteiger partial charge >= 0.3 is 6.03 Å². The molecule has 3 rings (SSSR count). The van der Waals surface area contributed by atoms with Gasteiger partial charge in [-0.3, -0.25) is 14.5 Å². The molecule has 0 radical (unpaired) electrons. The number of carbonyl (C=O) groups is 3. The molecule has 0 fully saturated rings. The molecule has 9 heteroatoms. The van der Waals surface area contributed by atoms with Crippen LogP contribution in [0.4, 0.5) is 4.79 Å². The third-order valence-corrected chi connectivity index (χ3v) is 6.35. The summed E-state index contributed by atoms with van der Waals surface area (Å²) in [7, 11) is 1.72. The summed E-state index contributed by atoms with van der Waals surface area (Å²) in [6, 6.07) is 3.30. The lowest BCUT2D eigenvalue weighted by Gasteiger charge is -2.33. The summed E-state index contributed by atoms with van der Waals surface area (Å²) in [6.07, 6.45) is 0. The zero-order chi connectivity index (χ0) is 22.3. The number of hydrogen-bond acceptors (Lipinski definition) is 3. The molecule has 7 nitrogen and oxygen atoms in total. The predicted octanol–water partition coefficient (Wildman–Crippen LogP) is 3.43. The van der Waals surface area contributed by atoms with Crippen molar-refractivity contribution in [3.8, 4) is 0 Å². The number of carbonyl (C=O) groups excluding carboxylic acids is 3. The van der Waals surface area contributed by atoms with Crippen LogP contribution in [0.3, 0.4) is 0 Å². The van der Waals surface area contributed by atoms with Crippen molar-refractivity contribution in [1.82, 2.24) is 20.0 Å². The number of urea groups is 1. The lowest BCUT2D eigenvalue weighted by molar-refractivity contribution is -0.142. The van der Waals surface area contributed by atoms with Crippen LogP contribution in [-0.2, 0) is 9.59 Å². The lowest BCUT2D eigenvalue weighted by atomic mass is 9.95. The maximum absolute atomic E-state index is 13.5. The SMILES string of the molecule is CCN1C(=O)N[C@@H](c2ccc(Cl)cc2Cl)C2=C1CN([C@@H](C)C(=O)N(C)C(C)C)C2=O. The van der Waals surface area contributed by atoms with Gasteiger partial charge in [0.1, 0.15) is 6.04 Å². The minimum Gasteiger partial charge on any atom is -0.342 e. The number of benzene rings is 1. The molecule has 0 saturated carbocycles. The van der Waals surface area contributed by atoms with Crippen LogP contribution in [0.1, 0.15) is 39.3 Å². The van der Waals surface area contributed by atoms with Gasteiger partial charge in [-0.15, -0.1) is 0 Å². The highest BCUT2D eigenvalue weighted by Crippen LogP contribution is 2.39. The highest BCUT2D eigenvalue weighted by molar-refractivity contribution is 6.35. The molecule has 0 spiro atoms. The number of nitrogens with zero attached hydrogens (tertiary/aromatic N) is 3. The third-order valence-electron chi connectivity index (χ3n) is 5.79. The Morgan fingerprint density at radius 1 is 1.27 bits per heavy atom. The van der Waals surface area contributed by atoms with Gasteiger partial charge < -0.3 is 15.1 Å². The second kappa shape index (κ2) is 8.47. The molecule has 162 valence electrons. The summed E-state index contributed by atoms with van der Waals surface area (Å²) < 4.78 is 0. The molecule has 1 aromatic rings. The van der Waals surface area contributed by atoms with Gasteiger partial charge in [0, 0.05) is 29.7 Å². The van der Waals surface area contributed by atoms with E-state index < -0.39 is 12.1 Å². The fourth-order valence-corrected chi connectivity index (χ4v) is 4.33. The van der Waals surface area contributed by atoms with E-state index in [1.54, 1.807) is 37.1 Å². The smallest absolute Gasteiger partial charge is 0.322 e. The van der Waals surface area contributed by atoms with Crippen LogP contribution >= 0.6 is 23.2 Å². The number of nitrogens with one attached hydrogen (secondary N) is 1. The van der Waals surface area contributed by atoms with Gasteiger partial charge in [-0.2, -0.15) is 0 Å². The van der Waals surface area contributed by atoms with E-state index in [1.165, 1.54) is 9.80 Å². The second-order valence-corrected chi connectivity index (χ2v) is 8.65. The third kappa shape index (κ3) is 3.76. The predicted molar refractivity (Wildman–Crippen MR) is 116 cm³/mol. The van der Waals surface area contributed by atoms with E-state index in [4.69, 9.17) is 23.2 Å². The van der Waals surface area contributed by atoms with Crippen molar-refractivity contribution in [2.24, 2.45) is 0 Å². The molecule has 0 unspecified atom stereocenters. The van der Waals surface area contributed by atoms with Crippen LogP contribution in [0.25, 0.3) is 0 Å². The summed E-state index contributed by atoms with van der Waals surface area (Å²) in [6.45, 7) is 7.98. The number of amides is 4. The summed E-state index contributed by atoms with van der Waals surface area (Å²) in [5.41, 5.74) is 1.63. The Labute approximate surface area is 186 Å². The molecule has 2 aliphatic rings. The van der Waals surface area contributed by atoms with Crippen LogP contribution in [0.2, 0.25) is 10.0 Å². The molecule has 0 saturated heterocycles. The fourth-order valence-electron chi connectivity index (χ4n) is 3.81. The van der Waals surface area contributed by atoms with Gasteiger partial charge in [0.15, 0.2) is 0 Å². The molecule has 0 aliphatic carbocycles. The molecule has 1 aromatic carbocycles. The van der Waals surface area contributed by atoms with Crippen LogP contribution in [-0.4, -0.2) is 64.8 Å². The van der Waals surface area contributed by atoms with E-state index >= 15 is 0 Å². The molecule has 1 N–H and O–H groups in total. The molecule has 0 bridgehead atoms. The Bertz CT molecular complexity index is 931. The standard InChI is InChI=1S/C21H26Cl2N4O3/c1-6-26-16-10-27(12(4)19(28)25(5)11(2)3)20(29)17(16)18(24-21(26)30)14-8-7-13(22)9-15(14)23/h7-9,11-12,18H,6,10H2,1-5H3,(H,24,30)/t12-,18-/m0/s1. The van der Waals surface area contributed by atoms with Crippen LogP contribution in [0.5, 0.6) is 0 Å². The highest BCUT2D eigenvalue weighted by atomic mass is 35.5. The van der Waals surface area contributed by atoms with Crippen molar-refractivity contribution < 1.29 is 14.4 Å². The quantitative estimate of drug-likeness (QED) is 0.743. The van der Waals surface area contributed by atoms with Crippen molar-refractivity contribution in [3.63, 3.8) is 0 Å². The first-order valence-electron chi connectivity index (χ1n) is 9.92. The fraction of sp³-hybridized carbons (Fsp3) is 0.476. The van der Waals surface area contributed by atoms with E-state index in [0.717, 1.165) is 0 Å². The van der Waals surface area contributed by atoms with E-state index in [2.05, 4.69) is 5.32 Å². The first-order chi connectivity index (χ1) is 14.1. The average molecular weight is 453 g/mol. The van der Waals surface area contributed by atoms with Gasteiger partial charge in [-0.25, -0.2) is 4.79 Å². The largest absolute Gasteiger partial charge is 0.342 e. The van der Waals surface area contributed by atoms with Crippen molar-refractivity contribution in [2.75, 3.05) is 20.1 Å². The van der Waals surface area contributed by atoms with E-state index in [0.29, 0.717) is 33.4 Å². The second-order valence-electron chi connectivity index (χ2n) is 7.80.